The normalized spacial score (nSPS) is 16.7. The van der Waals surface area contributed by atoms with Gasteiger partial charge in [0.05, 0.1) is 12.7 Å². The molecule has 108 valence electrons. The fraction of sp³-hybridized carbons (Fsp3) is 0.278. The quantitative estimate of drug-likeness (QED) is 0.807. The Morgan fingerprint density at radius 3 is 2.86 bits per heavy atom. The molecule has 3 nitrogen and oxygen atoms in total. The number of ether oxygens (including phenoxy) is 1. The molecule has 0 aromatic heterocycles. The lowest BCUT2D eigenvalue weighted by atomic mass is 10.1. The lowest BCUT2D eigenvalue weighted by Crippen LogP contribution is -2.28. The number of para-hydroxylation sites is 1. The Kier molecular flexibility index (Phi) is 3.65. The third-order valence-corrected chi connectivity index (χ3v) is 4.05. The number of benzene rings is 2. The molecule has 0 aliphatic carbocycles. The lowest BCUT2D eigenvalue weighted by molar-refractivity contribution is 0.0600. The summed E-state index contributed by atoms with van der Waals surface area (Å²) in [6.45, 7) is 3.05. The number of carbonyl (C=O) groups excluding carboxylic acids is 1. The molecule has 21 heavy (non-hydrogen) atoms. The number of hydrogen-bond donors (Lipinski definition) is 0. The van der Waals surface area contributed by atoms with Crippen LogP contribution >= 0.6 is 0 Å². The van der Waals surface area contributed by atoms with Gasteiger partial charge in [-0.15, -0.1) is 0 Å². The number of anilines is 1. The fourth-order valence-electron chi connectivity index (χ4n) is 2.98. The van der Waals surface area contributed by atoms with Gasteiger partial charge in [0.2, 0.25) is 0 Å². The van der Waals surface area contributed by atoms with Gasteiger partial charge in [-0.1, -0.05) is 30.3 Å². The lowest BCUT2D eigenvalue weighted by Gasteiger charge is -2.25. The van der Waals surface area contributed by atoms with Crippen LogP contribution in [0.2, 0.25) is 0 Å². The first kappa shape index (κ1) is 13.7. The maximum absolute atomic E-state index is 11.6. The minimum absolute atomic E-state index is 0.285. The third-order valence-electron chi connectivity index (χ3n) is 4.05. The summed E-state index contributed by atoms with van der Waals surface area (Å²) in [4.78, 5) is 14.0. The first-order chi connectivity index (χ1) is 10.2. The van der Waals surface area contributed by atoms with Crippen LogP contribution in [0.1, 0.15) is 28.4 Å². The van der Waals surface area contributed by atoms with Gasteiger partial charge in [-0.3, -0.25) is 0 Å². The number of hydrogen-bond acceptors (Lipinski definition) is 3. The molecular weight excluding hydrogens is 262 g/mol. The van der Waals surface area contributed by atoms with Crippen molar-refractivity contribution in [2.75, 3.05) is 12.0 Å². The van der Waals surface area contributed by atoms with Gasteiger partial charge >= 0.3 is 5.97 Å². The molecule has 0 fully saturated rings. The van der Waals surface area contributed by atoms with Crippen LogP contribution in [0, 0.1) is 0 Å². The van der Waals surface area contributed by atoms with Crippen LogP contribution < -0.4 is 4.90 Å². The van der Waals surface area contributed by atoms with Gasteiger partial charge in [0, 0.05) is 18.3 Å². The summed E-state index contributed by atoms with van der Waals surface area (Å²) < 4.78 is 4.79. The average molecular weight is 281 g/mol. The molecule has 0 N–H and O–H groups in total. The molecule has 1 heterocycles. The van der Waals surface area contributed by atoms with Crippen LogP contribution in [0.25, 0.3) is 0 Å². The molecule has 3 heteroatoms. The molecule has 0 saturated carbocycles. The number of fused-ring (bicyclic) bond motifs is 1. The van der Waals surface area contributed by atoms with Crippen LogP contribution in [0.4, 0.5) is 5.69 Å². The van der Waals surface area contributed by atoms with E-state index in [9.17, 15) is 4.79 Å². The van der Waals surface area contributed by atoms with E-state index in [1.54, 1.807) is 6.07 Å². The van der Waals surface area contributed by atoms with Gasteiger partial charge in [0.1, 0.15) is 0 Å². The summed E-state index contributed by atoms with van der Waals surface area (Å²) in [5.74, 6) is -0.285. The van der Waals surface area contributed by atoms with Crippen molar-refractivity contribution >= 4 is 11.7 Å². The molecule has 0 radical (unpaired) electrons. The van der Waals surface area contributed by atoms with E-state index in [1.165, 1.54) is 18.4 Å². The van der Waals surface area contributed by atoms with E-state index in [-0.39, 0.29) is 5.97 Å². The van der Waals surface area contributed by atoms with Crippen molar-refractivity contribution < 1.29 is 9.53 Å². The van der Waals surface area contributed by atoms with Crippen molar-refractivity contribution in [1.82, 2.24) is 0 Å². The van der Waals surface area contributed by atoms with Gasteiger partial charge < -0.3 is 9.64 Å². The number of methoxy groups -OCH3 is 1. The van der Waals surface area contributed by atoms with E-state index in [0.29, 0.717) is 11.6 Å². The maximum atomic E-state index is 11.6. The smallest absolute Gasteiger partial charge is 0.337 e. The van der Waals surface area contributed by atoms with Crippen molar-refractivity contribution in [2.45, 2.75) is 25.9 Å². The molecule has 2 aromatic carbocycles. The van der Waals surface area contributed by atoms with Crippen molar-refractivity contribution in [2.24, 2.45) is 0 Å². The summed E-state index contributed by atoms with van der Waals surface area (Å²) >= 11 is 0. The van der Waals surface area contributed by atoms with E-state index in [4.69, 9.17) is 4.74 Å². The highest BCUT2D eigenvalue weighted by Crippen LogP contribution is 2.33. The highest BCUT2D eigenvalue weighted by Gasteiger charge is 2.25. The Morgan fingerprint density at radius 2 is 2.05 bits per heavy atom. The summed E-state index contributed by atoms with van der Waals surface area (Å²) in [5, 5.41) is 0. The highest BCUT2D eigenvalue weighted by molar-refractivity contribution is 5.89. The Bertz CT molecular complexity index is 666. The van der Waals surface area contributed by atoms with E-state index in [2.05, 4.69) is 42.2 Å². The van der Waals surface area contributed by atoms with Crippen molar-refractivity contribution in [3.05, 3.63) is 65.2 Å². The zero-order chi connectivity index (χ0) is 14.8. The maximum Gasteiger partial charge on any atom is 0.337 e. The van der Waals surface area contributed by atoms with Crippen molar-refractivity contribution in [1.29, 1.82) is 0 Å². The van der Waals surface area contributed by atoms with Crippen LogP contribution in [-0.4, -0.2) is 19.1 Å². The number of carbonyl (C=O) groups is 1. The first-order valence-electron chi connectivity index (χ1n) is 7.21. The van der Waals surface area contributed by atoms with E-state index in [1.807, 2.05) is 12.1 Å². The standard InChI is InChI=1S/C18H19NO2/c1-13-10-15-7-3-4-9-17(15)19(13)12-14-6-5-8-16(11-14)18(20)21-2/h3-9,11,13H,10,12H2,1-2H3/t13-/m1/s1. The molecule has 3 rings (SSSR count). The summed E-state index contributed by atoms with van der Waals surface area (Å²) in [6, 6.07) is 16.7. The largest absolute Gasteiger partial charge is 0.465 e. The molecule has 1 atom stereocenters. The molecule has 0 saturated heterocycles. The second-order valence-electron chi connectivity index (χ2n) is 5.50. The van der Waals surface area contributed by atoms with E-state index >= 15 is 0 Å². The van der Waals surface area contributed by atoms with E-state index < -0.39 is 0 Å². The van der Waals surface area contributed by atoms with Gasteiger partial charge in [-0.05, 0) is 42.7 Å². The van der Waals surface area contributed by atoms with Gasteiger partial charge in [-0.2, -0.15) is 0 Å². The average Bonchev–Trinajstić information content (AvgIpc) is 2.83. The number of nitrogens with zero attached hydrogens (tertiary/aromatic N) is 1. The monoisotopic (exact) mass is 281 g/mol. The molecule has 2 aromatic rings. The summed E-state index contributed by atoms with van der Waals surface area (Å²) in [6.07, 6.45) is 1.08. The predicted molar refractivity (Wildman–Crippen MR) is 83.6 cm³/mol. The molecular formula is C18H19NO2. The van der Waals surface area contributed by atoms with Gasteiger partial charge in [-0.25, -0.2) is 4.79 Å². The molecule has 0 spiro atoms. The molecule has 0 unspecified atom stereocenters. The summed E-state index contributed by atoms with van der Waals surface area (Å²) in [7, 11) is 1.41. The van der Waals surface area contributed by atoms with E-state index in [0.717, 1.165) is 18.5 Å². The topological polar surface area (TPSA) is 29.5 Å². The van der Waals surface area contributed by atoms with Crippen molar-refractivity contribution in [3.8, 4) is 0 Å². The van der Waals surface area contributed by atoms with Crippen molar-refractivity contribution in [3.63, 3.8) is 0 Å². The zero-order valence-electron chi connectivity index (χ0n) is 12.4. The van der Waals surface area contributed by atoms with Crippen LogP contribution in [0.5, 0.6) is 0 Å². The molecule has 1 aliphatic rings. The SMILES string of the molecule is COC(=O)c1cccc(CN2c3ccccc3C[C@H]2C)c1. The second-order valence-corrected chi connectivity index (χ2v) is 5.50. The molecule has 0 amide bonds. The summed E-state index contributed by atoms with van der Waals surface area (Å²) in [5.41, 5.74) is 4.43. The fourth-order valence-corrected chi connectivity index (χ4v) is 2.98. The number of esters is 1. The Hall–Kier alpha value is -2.29. The Balaban J connectivity index is 1.86. The molecule has 0 bridgehead atoms. The van der Waals surface area contributed by atoms with Crippen LogP contribution in [0.15, 0.2) is 48.5 Å². The Morgan fingerprint density at radius 1 is 1.24 bits per heavy atom. The zero-order valence-corrected chi connectivity index (χ0v) is 12.4. The minimum Gasteiger partial charge on any atom is -0.465 e. The minimum atomic E-state index is -0.285. The third kappa shape index (κ3) is 2.64. The Labute approximate surface area is 125 Å². The second kappa shape index (κ2) is 5.60. The first-order valence-corrected chi connectivity index (χ1v) is 7.21. The van der Waals surface area contributed by atoms with Gasteiger partial charge in [0.15, 0.2) is 0 Å². The van der Waals surface area contributed by atoms with Crippen LogP contribution in [-0.2, 0) is 17.7 Å². The van der Waals surface area contributed by atoms with Crippen LogP contribution in [0.3, 0.4) is 0 Å². The highest BCUT2D eigenvalue weighted by atomic mass is 16.5. The number of rotatable bonds is 3. The van der Waals surface area contributed by atoms with Gasteiger partial charge in [0.25, 0.3) is 0 Å². The molecule has 1 aliphatic heterocycles. The predicted octanol–water partition coefficient (Wildman–Crippen LogP) is 3.42.